The minimum Gasteiger partial charge on any atom is -0.444 e. The highest BCUT2D eigenvalue weighted by Gasteiger charge is 2.32. The Kier molecular flexibility index (Phi) is 9.72. The van der Waals surface area contributed by atoms with Gasteiger partial charge in [0.15, 0.2) is 0 Å². The van der Waals surface area contributed by atoms with Crippen LogP contribution < -0.4 is 20.4 Å². The van der Waals surface area contributed by atoms with Gasteiger partial charge in [0.1, 0.15) is 11.7 Å². The van der Waals surface area contributed by atoms with Crippen LogP contribution in [-0.4, -0.2) is 56.9 Å². The molecular weight excluding hydrogens is 579 g/mol. The summed E-state index contributed by atoms with van der Waals surface area (Å²) < 4.78 is 45.1. The minimum atomic E-state index is -4.52. The van der Waals surface area contributed by atoms with Crippen molar-refractivity contribution in [3.8, 4) is 6.07 Å². The summed E-state index contributed by atoms with van der Waals surface area (Å²) >= 11 is 3.42. The van der Waals surface area contributed by atoms with Crippen molar-refractivity contribution >= 4 is 39.3 Å². The first-order valence-corrected chi connectivity index (χ1v) is 13.2. The normalized spacial score (nSPS) is 14.0. The standard InChI is InChI=1S/C27H31BrF3N5O3/c1-26(2,3)39-25(38)34-10-4-9-33-24(37)21-16-20(28)6-8-23(21)36-13-11-35(12-14-36)22-7-5-19(27(29,30)31)15-18(22)17-32/h5-8,15-16H,4,9-14H2,1-3H3,(H,33,37)(H,34,38). The molecule has 2 N–H and O–H groups in total. The van der Waals surface area contributed by atoms with Crippen LogP contribution in [0.3, 0.4) is 0 Å². The summed E-state index contributed by atoms with van der Waals surface area (Å²) in [5.74, 6) is -0.263. The van der Waals surface area contributed by atoms with Crippen LogP contribution in [0, 0.1) is 11.3 Å². The van der Waals surface area contributed by atoms with E-state index < -0.39 is 23.4 Å². The number of piperazine rings is 1. The average Bonchev–Trinajstić information content (AvgIpc) is 2.86. The smallest absolute Gasteiger partial charge is 0.416 e. The highest BCUT2D eigenvalue weighted by molar-refractivity contribution is 9.10. The molecular formula is C27H31BrF3N5O3. The predicted octanol–water partition coefficient (Wildman–Crippen LogP) is 5.31. The molecule has 2 aromatic carbocycles. The molecule has 3 rings (SSSR count). The maximum Gasteiger partial charge on any atom is 0.416 e. The molecule has 0 radical (unpaired) electrons. The van der Waals surface area contributed by atoms with Gasteiger partial charge in [0.05, 0.1) is 22.4 Å². The number of carbonyl (C=O) groups is 2. The monoisotopic (exact) mass is 609 g/mol. The zero-order valence-corrected chi connectivity index (χ0v) is 23.6. The molecule has 1 aliphatic heterocycles. The van der Waals surface area contributed by atoms with Gasteiger partial charge in [-0.2, -0.15) is 18.4 Å². The van der Waals surface area contributed by atoms with Gasteiger partial charge in [-0.3, -0.25) is 4.79 Å². The van der Waals surface area contributed by atoms with E-state index in [0.717, 1.165) is 22.3 Å². The number of hydrogen-bond donors (Lipinski definition) is 2. The zero-order valence-electron chi connectivity index (χ0n) is 22.0. The number of nitriles is 1. The molecule has 1 aliphatic rings. The van der Waals surface area contributed by atoms with Crippen molar-refractivity contribution in [2.75, 3.05) is 49.1 Å². The summed E-state index contributed by atoms with van der Waals surface area (Å²) in [6, 6.07) is 10.5. The molecule has 39 heavy (non-hydrogen) atoms. The molecule has 0 saturated carbocycles. The zero-order chi connectivity index (χ0) is 28.8. The number of halogens is 4. The van der Waals surface area contributed by atoms with Gasteiger partial charge < -0.3 is 25.2 Å². The molecule has 12 heteroatoms. The first-order chi connectivity index (χ1) is 18.3. The maximum atomic E-state index is 13.1. The third-order valence-electron chi connectivity index (χ3n) is 5.92. The van der Waals surface area contributed by atoms with Crippen LogP contribution in [0.1, 0.15) is 48.7 Å². The van der Waals surface area contributed by atoms with E-state index in [1.807, 2.05) is 28.0 Å². The van der Waals surface area contributed by atoms with E-state index in [9.17, 15) is 28.0 Å². The van der Waals surface area contributed by atoms with Crippen molar-refractivity contribution in [3.63, 3.8) is 0 Å². The van der Waals surface area contributed by atoms with Crippen LogP contribution in [0.5, 0.6) is 0 Å². The number of nitrogens with one attached hydrogen (secondary N) is 2. The minimum absolute atomic E-state index is 0.0249. The summed E-state index contributed by atoms with van der Waals surface area (Å²) in [6.07, 6.45) is -4.52. The first kappa shape index (κ1) is 30.1. The Hall–Kier alpha value is -3.46. The van der Waals surface area contributed by atoms with Gasteiger partial charge >= 0.3 is 12.3 Å². The highest BCUT2D eigenvalue weighted by Crippen LogP contribution is 2.33. The van der Waals surface area contributed by atoms with E-state index in [0.29, 0.717) is 56.9 Å². The van der Waals surface area contributed by atoms with Crippen LogP contribution in [-0.2, 0) is 10.9 Å². The number of benzene rings is 2. The quantitative estimate of drug-likeness (QED) is 0.413. The number of ether oxygens (including phenoxy) is 1. The van der Waals surface area contributed by atoms with Crippen molar-refractivity contribution in [1.29, 1.82) is 5.26 Å². The lowest BCUT2D eigenvalue weighted by molar-refractivity contribution is -0.137. The number of anilines is 2. The largest absolute Gasteiger partial charge is 0.444 e. The third kappa shape index (κ3) is 8.51. The summed E-state index contributed by atoms with van der Waals surface area (Å²) in [4.78, 5) is 28.7. The number of rotatable bonds is 7. The van der Waals surface area contributed by atoms with Crippen LogP contribution >= 0.6 is 15.9 Å². The van der Waals surface area contributed by atoms with E-state index in [1.54, 1.807) is 26.8 Å². The van der Waals surface area contributed by atoms with Crippen molar-refractivity contribution in [3.05, 3.63) is 57.6 Å². The van der Waals surface area contributed by atoms with Crippen molar-refractivity contribution in [2.45, 2.75) is 39.0 Å². The molecule has 1 heterocycles. The van der Waals surface area contributed by atoms with Crippen molar-refractivity contribution < 1.29 is 27.5 Å². The molecule has 1 fully saturated rings. The first-order valence-electron chi connectivity index (χ1n) is 12.4. The Labute approximate surface area is 234 Å². The van der Waals surface area contributed by atoms with Gasteiger partial charge in [-0.1, -0.05) is 15.9 Å². The van der Waals surface area contributed by atoms with E-state index in [1.165, 1.54) is 6.07 Å². The molecule has 0 atom stereocenters. The maximum absolute atomic E-state index is 13.1. The second-order valence-electron chi connectivity index (χ2n) is 10.0. The van der Waals surface area contributed by atoms with Gasteiger partial charge in [-0.05, 0) is 63.6 Å². The summed E-state index contributed by atoms with van der Waals surface area (Å²) in [5, 5.41) is 15.0. The predicted molar refractivity (Wildman–Crippen MR) is 146 cm³/mol. The Bertz CT molecular complexity index is 1230. The van der Waals surface area contributed by atoms with Crippen molar-refractivity contribution in [2.24, 2.45) is 0 Å². The fourth-order valence-corrected chi connectivity index (χ4v) is 4.48. The van der Waals surface area contributed by atoms with Gasteiger partial charge in [-0.25, -0.2) is 4.79 Å². The Morgan fingerprint density at radius 3 is 2.15 bits per heavy atom. The molecule has 8 nitrogen and oxygen atoms in total. The number of amides is 2. The van der Waals surface area contributed by atoms with E-state index in [4.69, 9.17) is 4.74 Å². The molecule has 2 amide bonds. The fourth-order valence-electron chi connectivity index (χ4n) is 4.12. The summed E-state index contributed by atoms with van der Waals surface area (Å²) in [6.45, 7) is 7.97. The number of hydrogen-bond acceptors (Lipinski definition) is 6. The molecule has 210 valence electrons. The second-order valence-corrected chi connectivity index (χ2v) is 10.9. The highest BCUT2D eigenvalue weighted by atomic mass is 79.9. The van der Waals surface area contributed by atoms with Gasteiger partial charge in [-0.15, -0.1) is 0 Å². The third-order valence-corrected chi connectivity index (χ3v) is 6.41. The molecule has 0 bridgehead atoms. The van der Waals surface area contributed by atoms with Crippen LogP contribution in [0.25, 0.3) is 0 Å². The average molecular weight is 610 g/mol. The fraction of sp³-hybridized carbons (Fsp3) is 0.444. The Balaban J connectivity index is 1.60. The number of alkyl carbamates (subject to hydrolysis) is 1. The van der Waals surface area contributed by atoms with Crippen LogP contribution in [0.15, 0.2) is 40.9 Å². The SMILES string of the molecule is CC(C)(C)OC(=O)NCCCNC(=O)c1cc(Br)ccc1N1CCN(c2ccc(C(F)(F)F)cc2C#N)CC1. The Morgan fingerprint density at radius 1 is 0.974 bits per heavy atom. The second kappa shape index (κ2) is 12.6. The molecule has 0 spiro atoms. The molecule has 0 aromatic heterocycles. The van der Waals surface area contributed by atoms with Gasteiger partial charge in [0.2, 0.25) is 0 Å². The summed E-state index contributed by atoms with van der Waals surface area (Å²) in [5.41, 5.74) is 0.200. The van der Waals surface area contributed by atoms with E-state index >= 15 is 0 Å². The van der Waals surface area contributed by atoms with Crippen molar-refractivity contribution in [1.82, 2.24) is 10.6 Å². The van der Waals surface area contributed by atoms with Crippen LogP contribution in [0.2, 0.25) is 0 Å². The summed E-state index contributed by atoms with van der Waals surface area (Å²) in [7, 11) is 0. The van der Waals surface area contributed by atoms with E-state index in [-0.39, 0.29) is 11.5 Å². The van der Waals surface area contributed by atoms with Gasteiger partial charge in [0.25, 0.3) is 5.91 Å². The van der Waals surface area contributed by atoms with E-state index in [2.05, 4.69) is 26.6 Å². The topological polar surface area (TPSA) is 97.7 Å². The Morgan fingerprint density at radius 2 is 1.56 bits per heavy atom. The lowest BCUT2D eigenvalue weighted by Gasteiger charge is -2.38. The lowest BCUT2D eigenvalue weighted by Crippen LogP contribution is -2.47. The number of carbonyl (C=O) groups excluding carboxylic acids is 2. The molecule has 0 aliphatic carbocycles. The number of nitrogens with zero attached hydrogens (tertiary/aromatic N) is 3. The lowest BCUT2D eigenvalue weighted by atomic mass is 10.1. The van der Waals surface area contributed by atoms with Gasteiger partial charge in [0, 0.05) is 49.4 Å². The number of alkyl halides is 3. The molecule has 0 unspecified atom stereocenters. The van der Waals surface area contributed by atoms with Crippen LogP contribution in [0.4, 0.5) is 29.3 Å². The molecule has 2 aromatic rings. The molecule has 1 saturated heterocycles.